The third-order valence-electron chi connectivity index (χ3n) is 5.49. The van der Waals surface area contributed by atoms with Crippen LogP contribution in [0.15, 0.2) is 59.1 Å². The van der Waals surface area contributed by atoms with Crippen molar-refractivity contribution in [3.63, 3.8) is 0 Å². The third-order valence-corrected chi connectivity index (χ3v) is 6.78. The van der Waals surface area contributed by atoms with E-state index in [0.717, 1.165) is 16.6 Å². The minimum Gasteiger partial charge on any atom is -0.480 e. The molecule has 5 rings (SSSR count). The number of oxazole rings is 1. The van der Waals surface area contributed by atoms with E-state index in [9.17, 15) is 34.8 Å². The SMILES string of the molecule is CCS(=O)(=O)Nc1cc(-c2ccc3nc(-c4nc5ccccc5[nH]4)oc3c2)cnc1OC.O=C(O)C(F)(F)F.O=C(O)C(F)(F)F. The summed E-state index contributed by atoms with van der Waals surface area (Å²) in [7, 11) is -2.05. The number of alkyl halides is 6. The van der Waals surface area contributed by atoms with Crippen LogP contribution in [0, 0.1) is 0 Å². The lowest BCUT2D eigenvalue weighted by Gasteiger charge is -2.11. The zero-order valence-corrected chi connectivity index (χ0v) is 24.1. The van der Waals surface area contributed by atoms with E-state index in [1.165, 1.54) is 7.11 Å². The van der Waals surface area contributed by atoms with Crippen molar-refractivity contribution in [2.45, 2.75) is 19.3 Å². The molecule has 0 atom stereocenters. The van der Waals surface area contributed by atoms with E-state index in [1.54, 1.807) is 19.2 Å². The van der Waals surface area contributed by atoms with Crippen LogP contribution in [0.2, 0.25) is 0 Å². The molecule has 4 N–H and O–H groups in total. The van der Waals surface area contributed by atoms with E-state index in [-0.39, 0.29) is 17.3 Å². The van der Waals surface area contributed by atoms with Crippen LogP contribution in [0.4, 0.5) is 32.0 Å². The summed E-state index contributed by atoms with van der Waals surface area (Å²) >= 11 is 0. The molecule has 2 aromatic carbocycles. The fourth-order valence-corrected chi connectivity index (χ4v) is 3.97. The highest BCUT2D eigenvalue weighted by atomic mass is 32.2. The molecule has 13 nitrogen and oxygen atoms in total. The number of ether oxygens (including phenoxy) is 1. The first kappa shape index (κ1) is 35.1. The lowest BCUT2D eigenvalue weighted by Crippen LogP contribution is -2.21. The predicted octanol–water partition coefficient (Wildman–Crippen LogP) is 5.47. The molecule has 20 heteroatoms. The molecule has 3 heterocycles. The largest absolute Gasteiger partial charge is 0.490 e. The molecular weight excluding hydrogens is 656 g/mol. The number of aromatic amines is 1. The Morgan fingerprint density at radius 2 is 1.54 bits per heavy atom. The van der Waals surface area contributed by atoms with Crippen LogP contribution in [0.1, 0.15) is 6.92 Å². The minimum absolute atomic E-state index is 0.0605. The Labute approximate surface area is 253 Å². The average molecular weight is 678 g/mol. The van der Waals surface area contributed by atoms with E-state index < -0.39 is 34.3 Å². The number of benzene rings is 2. The van der Waals surface area contributed by atoms with E-state index >= 15 is 0 Å². The maximum absolute atomic E-state index is 12.0. The van der Waals surface area contributed by atoms with Crippen molar-refractivity contribution in [3.05, 3.63) is 54.7 Å². The van der Waals surface area contributed by atoms with Crippen molar-refractivity contribution in [1.29, 1.82) is 0 Å². The molecule has 0 fully saturated rings. The third kappa shape index (κ3) is 9.06. The summed E-state index contributed by atoms with van der Waals surface area (Å²) < 4.78 is 101. The number of nitrogens with zero attached hydrogens (tertiary/aromatic N) is 3. The van der Waals surface area contributed by atoms with Crippen molar-refractivity contribution >= 4 is 49.8 Å². The predicted molar refractivity (Wildman–Crippen MR) is 149 cm³/mol. The van der Waals surface area contributed by atoms with Crippen molar-refractivity contribution < 1.29 is 63.7 Å². The number of carboxylic acids is 2. The number of imidazole rings is 1. The molecule has 0 amide bonds. The number of carboxylic acid groups (broad SMARTS) is 2. The summed E-state index contributed by atoms with van der Waals surface area (Å²) in [4.78, 5) is 34.3. The number of rotatable bonds is 6. The second-order valence-corrected chi connectivity index (χ2v) is 10.7. The average Bonchev–Trinajstić information content (AvgIpc) is 3.60. The van der Waals surface area contributed by atoms with Crippen LogP contribution >= 0.6 is 0 Å². The fraction of sp³-hybridized carbons (Fsp3) is 0.192. The number of carbonyl (C=O) groups is 2. The maximum Gasteiger partial charge on any atom is 0.490 e. The number of hydrogen-bond acceptors (Lipinski definition) is 9. The molecule has 0 unspecified atom stereocenters. The monoisotopic (exact) mass is 677 g/mol. The number of sulfonamides is 1. The van der Waals surface area contributed by atoms with Crippen LogP contribution in [0.3, 0.4) is 0 Å². The highest BCUT2D eigenvalue weighted by Crippen LogP contribution is 2.32. The fourth-order valence-electron chi connectivity index (χ4n) is 3.35. The maximum atomic E-state index is 12.0. The molecule has 0 aliphatic carbocycles. The molecule has 0 saturated heterocycles. The van der Waals surface area contributed by atoms with Gasteiger partial charge in [-0.1, -0.05) is 18.2 Å². The molecule has 0 aliphatic rings. The summed E-state index contributed by atoms with van der Waals surface area (Å²) in [6.45, 7) is 1.56. The topological polar surface area (TPSA) is 198 Å². The number of nitrogens with one attached hydrogen (secondary N) is 2. The number of halogens is 6. The van der Waals surface area contributed by atoms with Gasteiger partial charge in [0.05, 0.1) is 23.9 Å². The Balaban J connectivity index is 0.000000345. The first-order valence-corrected chi connectivity index (χ1v) is 14.0. The molecule has 0 bridgehead atoms. The summed E-state index contributed by atoms with van der Waals surface area (Å²) in [5.74, 6) is -4.45. The molecule has 46 heavy (non-hydrogen) atoms. The summed E-state index contributed by atoms with van der Waals surface area (Å²) in [5, 5.41) is 14.2. The Kier molecular flexibility index (Phi) is 10.5. The van der Waals surface area contributed by atoms with Gasteiger partial charge in [-0.15, -0.1) is 0 Å². The van der Waals surface area contributed by atoms with Gasteiger partial charge in [-0.2, -0.15) is 26.3 Å². The van der Waals surface area contributed by atoms with Crippen LogP contribution in [-0.4, -0.2) is 75.7 Å². The van der Waals surface area contributed by atoms with Gasteiger partial charge in [0, 0.05) is 11.8 Å². The van der Waals surface area contributed by atoms with Crippen molar-refractivity contribution in [2.24, 2.45) is 0 Å². The quantitative estimate of drug-likeness (QED) is 0.166. The van der Waals surface area contributed by atoms with E-state index in [4.69, 9.17) is 29.0 Å². The van der Waals surface area contributed by atoms with Gasteiger partial charge in [0.15, 0.2) is 11.4 Å². The highest BCUT2D eigenvalue weighted by Gasteiger charge is 2.38. The minimum atomic E-state index is -5.08. The standard InChI is InChI=1S/C22H19N5O4S.2C2HF3O2/c1-3-32(28,29)27-18-10-14(12-23-21(18)30-2)13-8-9-17-19(11-13)31-22(26-17)20-24-15-6-4-5-7-16(15)25-20;2*3-2(4,5)1(6)7/h4-12,27H,3H2,1-2H3,(H,24,25);2*(H,6,7). The number of hydrogen-bond donors (Lipinski definition) is 4. The van der Waals surface area contributed by atoms with E-state index in [1.807, 2.05) is 42.5 Å². The number of pyridine rings is 1. The van der Waals surface area contributed by atoms with Gasteiger partial charge in [0.25, 0.3) is 5.89 Å². The number of para-hydroxylation sites is 2. The van der Waals surface area contributed by atoms with Crippen LogP contribution in [0.5, 0.6) is 5.88 Å². The summed E-state index contributed by atoms with van der Waals surface area (Å²) in [5.41, 5.74) is 4.74. The smallest absolute Gasteiger partial charge is 0.480 e. The number of H-pyrrole nitrogens is 1. The van der Waals surface area contributed by atoms with Crippen LogP contribution in [0.25, 0.3) is 45.0 Å². The van der Waals surface area contributed by atoms with Gasteiger partial charge in [0.2, 0.25) is 15.9 Å². The molecule has 3 aromatic heterocycles. The van der Waals surface area contributed by atoms with Gasteiger partial charge in [-0.05, 0) is 42.8 Å². The number of fused-ring (bicyclic) bond motifs is 2. The van der Waals surface area contributed by atoms with Gasteiger partial charge in [-0.3, -0.25) is 4.72 Å². The van der Waals surface area contributed by atoms with Gasteiger partial charge in [0.1, 0.15) is 11.2 Å². The van der Waals surface area contributed by atoms with Crippen LogP contribution < -0.4 is 9.46 Å². The molecule has 0 aliphatic heterocycles. The Morgan fingerprint density at radius 1 is 0.935 bits per heavy atom. The van der Waals surface area contributed by atoms with Crippen molar-refractivity contribution in [3.8, 4) is 28.7 Å². The highest BCUT2D eigenvalue weighted by molar-refractivity contribution is 7.92. The first-order chi connectivity index (χ1) is 21.3. The molecule has 0 spiro atoms. The molecule has 0 saturated carbocycles. The van der Waals surface area contributed by atoms with Crippen molar-refractivity contribution in [2.75, 3.05) is 17.6 Å². The Hall–Kier alpha value is -5.40. The number of aromatic nitrogens is 4. The lowest BCUT2D eigenvalue weighted by atomic mass is 10.1. The van der Waals surface area contributed by atoms with Crippen molar-refractivity contribution in [1.82, 2.24) is 19.9 Å². The Morgan fingerprint density at radius 3 is 2.09 bits per heavy atom. The molecular formula is C26H21F6N5O8S. The van der Waals surface area contributed by atoms with Gasteiger partial charge < -0.3 is 24.4 Å². The normalized spacial score (nSPS) is 11.7. The zero-order chi connectivity index (χ0) is 34.4. The molecule has 5 aromatic rings. The lowest BCUT2D eigenvalue weighted by molar-refractivity contribution is -0.193. The second-order valence-electron chi connectivity index (χ2n) is 8.70. The van der Waals surface area contributed by atoms with E-state index in [0.29, 0.717) is 28.4 Å². The summed E-state index contributed by atoms with van der Waals surface area (Å²) in [6.07, 6.45) is -8.56. The Bertz CT molecular complexity index is 1920. The number of anilines is 1. The van der Waals surface area contributed by atoms with Crippen LogP contribution in [-0.2, 0) is 19.6 Å². The first-order valence-electron chi connectivity index (χ1n) is 12.4. The zero-order valence-electron chi connectivity index (χ0n) is 23.3. The number of methoxy groups -OCH3 is 1. The van der Waals surface area contributed by atoms with Gasteiger partial charge >= 0.3 is 24.3 Å². The second kappa shape index (κ2) is 13.7. The van der Waals surface area contributed by atoms with E-state index in [2.05, 4.69) is 24.7 Å². The number of aliphatic carboxylic acids is 2. The van der Waals surface area contributed by atoms with Gasteiger partial charge in [-0.25, -0.2) is 33.0 Å². The molecule has 0 radical (unpaired) electrons. The summed E-state index contributed by atoms with van der Waals surface area (Å²) in [6, 6.07) is 14.9. The molecule has 246 valence electrons.